The van der Waals surface area contributed by atoms with Crippen molar-refractivity contribution in [2.45, 2.75) is 25.3 Å². The average molecular weight is 558 g/mol. The number of benzene rings is 2. The topological polar surface area (TPSA) is 119 Å². The van der Waals surface area contributed by atoms with Crippen molar-refractivity contribution in [2.24, 2.45) is 0 Å². The Morgan fingerprint density at radius 3 is 2.61 bits per heavy atom. The predicted molar refractivity (Wildman–Crippen MR) is 159 cm³/mol. The van der Waals surface area contributed by atoms with E-state index in [2.05, 4.69) is 44.8 Å². The minimum absolute atomic E-state index is 0.0343. The molecule has 1 saturated heterocycles. The van der Waals surface area contributed by atoms with Crippen molar-refractivity contribution in [1.82, 2.24) is 24.8 Å². The van der Waals surface area contributed by atoms with Crippen LogP contribution in [0.2, 0.25) is 0 Å². The second kappa shape index (κ2) is 11.6. The highest BCUT2D eigenvalue weighted by molar-refractivity contribution is 5.93. The summed E-state index contributed by atoms with van der Waals surface area (Å²) in [5, 5.41) is 17.7. The Morgan fingerprint density at radius 2 is 1.90 bits per heavy atom. The summed E-state index contributed by atoms with van der Waals surface area (Å²) < 4.78 is 18.3. The highest BCUT2D eigenvalue weighted by Crippen LogP contribution is 2.39. The highest BCUT2D eigenvalue weighted by atomic mass is 16.5. The molecule has 1 fully saturated rings. The van der Waals surface area contributed by atoms with Gasteiger partial charge < -0.3 is 39.4 Å². The van der Waals surface area contributed by atoms with Gasteiger partial charge in [0, 0.05) is 30.6 Å². The maximum Gasteiger partial charge on any atom is 0.230 e. The lowest BCUT2D eigenvalue weighted by Crippen LogP contribution is -2.33. The van der Waals surface area contributed by atoms with Gasteiger partial charge in [0.2, 0.25) is 11.7 Å². The zero-order chi connectivity index (χ0) is 28.3. The van der Waals surface area contributed by atoms with Crippen molar-refractivity contribution < 1.29 is 19.3 Å². The van der Waals surface area contributed by atoms with Gasteiger partial charge in [-0.1, -0.05) is 12.1 Å². The second-order valence-corrected chi connectivity index (χ2v) is 10.1. The molecule has 3 N–H and O–H groups in total. The third-order valence-electron chi connectivity index (χ3n) is 7.74. The molecule has 41 heavy (non-hydrogen) atoms. The van der Waals surface area contributed by atoms with Crippen LogP contribution in [-0.4, -0.2) is 78.2 Å². The van der Waals surface area contributed by atoms with Gasteiger partial charge in [-0.3, -0.25) is 0 Å². The van der Waals surface area contributed by atoms with Crippen LogP contribution in [0, 0.1) is 0 Å². The molecule has 0 radical (unpaired) electrons. The molecule has 0 aliphatic carbocycles. The number of aliphatic hydroxyl groups is 1. The van der Waals surface area contributed by atoms with Crippen LogP contribution in [0.25, 0.3) is 22.2 Å². The largest absolute Gasteiger partial charge is 0.493 e. The minimum Gasteiger partial charge on any atom is -0.493 e. The van der Waals surface area contributed by atoms with Crippen molar-refractivity contribution in [3.05, 3.63) is 54.5 Å². The van der Waals surface area contributed by atoms with Crippen LogP contribution in [-0.2, 0) is 0 Å². The number of anilines is 3. The van der Waals surface area contributed by atoms with E-state index in [1.54, 1.807) is 27.7 Å². The van der Waals surface area contributed by atoms with Crippen molar-refractivity contribution in [3.63, 3.8) is 0 Å². The Morgan fingerprint density at radius 1 is 1.07 bits per heavy atom. The number of rotatable bonds is 9. The Kier molecular flexibility index (Phi) is 7.62. The first-order valence-electron chi connectivity index (χ1n) is 13.8. The minimum atomic E-state index is 0.0343. The molecule has 214 valence electrons. The zero-order valence-electron chi connectivity index (χ0n) is 23.6. The second-order valence-electron chi connectivity index (χ2n) is 10.1. The molecular weight excluding hydrogens is 522 g/mol. The molecule has 11 nitrogen and oxygen atoms in total. The smallest absolute Gasteiger partial charge is 0.230 e. The summed E-state index contributed by atoms with van der Waals surface area (Å²) in [5.41, 5.74) is 4.13. The number of nitrogens with one attached hydrogen (secondary N) is 2. The molecule has 4 heterocycles. The quantitative estimate of drug-likeness (QED) is 0.279. The van der Waals surface area contributed by atoms with Gasteiger partial charge in [0.15, 0.2) is 17.3 Å². The van der Waals surface area contributed by atoms with Crippen molar-refractivity contribution >= 4 is 34.1 Å². The maximum absolute atomic E-state index is 10.1. The van der Waals surface area contributed by atoms with E-state index in [9.17, 15) is 5.11 Å². The van der Waals surface area contributed by atoms with Crippen LogP contribution < -0.4 is 29.7 Å². The summed E-state index contributed by atoms with van der Waals surface area (Å²) in [7, 11) is 4.76. The van der Waals surface area contributed by atoms with Crippen LogP contribution >= 0.6 is 0 Å². The fourth-order valence-corrected chi connectivity index (χ4v) is 5.64. The van der Waals surface area contributed by atoms with Crippen molar-refractivity contribution in [3.8, 4) is 22.9 Å². The molecule has 0 saturated carbocycles. The summed E-state index contributed by atoms with van der Waals surface area (Å²) in [5.74, 6) is 3.48. The first kappa shape index (κ1) is 26.9. The van der Waals surface area contributed by atoms with E-state index >= 15 is 0 Å². The molecule has 11 heteroatoms. The molecule has 4 aromatic rings. The summed E-state index contributed by atoms with van der Waals surface area (Å²) in [6.07, 6.45) is 8.72. The van der Waals surface area contributed by atoms with Crippen LogP contribution in [0.3, 0.4) is 0 Å². The summed E-state index contributed by atoms with van der Waals surface area (Å²) in [6, 6.07) is 10.2. The van der Waals surface area contributed by atoms with Gasteiger partial charge in [-0.25, -0.2) is 9.97 Å². The molecule has 0 bridgehead atoms. The lowest BCUT2D eigenvalue weighted by molar-refractivity contribution is 0.266. The number of nitrogens with zero attached hydrogens (tertiary/aromatic N) is 5. The molecule has 6 rings (SSSR count). The van der Waals surface area contributed by atoms with Crippen LogP contribution in [0.4, 0.5) is 17.6 Å². The molecule has 0 spiro atoms. The molecule has 2 aromatic carbocycles. The van der Waals surface area contributed by atoms with E-state index in [1.807, 2.05) is 22.9 Å². The number of aliphatic hydroxyl groups excluding tert-OH is 1. The zero-order valence-corrected chi connectivity index (χ0v) is 23.6. The van der Waals surface area contributed by atoms with Gasteiger partial charge >= 0.3 is 0 Å². The highest BCUT2D eigenvalue weighted by Gasteiger charge is 2.27. The number of hydrogen-bond acceptors (Lipinski definition) is 10. The first-order valence-corrected chi connectivity index (χ1v) is 13.8. The molecule has 0 amide bonds. The summed E-state index contributed by atoms with van der Waals surface area (Å²) in [4.78, 5) is 16.6. The molecule has 2 aliphatic rings. The summed E-state index contributed by atoms with van der Waals surface area (Å²) in [6.45, 7) is 2.76. The summed E-state index contributed by atoms with van der Waals surface area (Å²) >= 11 is 0. The van der Waals surface area contributed by atoms with Crippen molar-refractivity contribution in [1.29, 1.82) is 0 Å². The number of ether oxygens (including phenoxy) is 3. The van der Waals surface area contributed by atoms with E-state index in [0.717, 1.165) is 61.3 Å². The fourth-order valence-electron chi connectivity index (χ4n) is 5.64. The fraction of sp³-hybridized carbons (Fsp3) is 0.367. The van der Waals surface area contributed by atoms with Gasteiger partial charge in [0.25, 0.3) is 0 Å². The predicted octanol–water partition coefficient (Wildman–Crippen LogP) is 3.92. The lowest BCUT2D eigenvalue weighted by atomic mass is 9.99. The number of aromatic nitrogens is 4. The maximum atomic E-state index is 10.1. The van der Waals surface area contributed by atoms with Crippen LogP contribution in [0.5, 0.6) is 17.2 Å². The molecule has 2 aliphatic heterocycles. The average Bonchev–Trinajstić information content (AvgIpc) is 3.70. The lowest BCUT2D eigenvalue weighted by Gasteiger charge is -2.26. The Hall–Kier alpha value is -4.35. The molecule has 1 unspecified atom stereocenters. The van der Waals surface area contributed by atoms with E-state index in [4.69, 9.17) is 24.2 Å². The van der Waals surface area contributed by atoms with Gasteiger partial charge in [-0.05, 0) is 49.1 Å². The Labute approximate surface area is 238 Å². The van der Waals surface area contributed by atoms with Gasteiger partial charge in [-0.15, -0.1) is 0 Å². The molecular formula is C30H35N7O4. The standard InChI is InChI=1S/C30H35N7O4/c1-39-25-14-22(15-26(40-2)28(25)41-3)36-16-27(32-18-36)34-30-33-24-13-20(19-8-10-31-11-9-19)6-7-23(24)29(35-30)37-12-4-5-21(37)17-38/h6-8,13-16,18,21,31,38H,4-5,9-12,17H2,1-3H3,(H,33,34,35). The molecule has 1 atom stereocenters. The van der Waals surface area contributed by atoms with E-state index in [1.165, 1.54) is 11.1 Å². The number of fused-ring (bicyclic) bond motifs is 1. The molecule has 2 aromatic heterocycles. The number of hydrogen-bond donors (Lipinski definition) is 3. The SMILES string of the molecule is COc1cc(-n2cnc(Nc3nc(N4CCCC4CO)c4ccc(C5=CCNCC5)cc4n3)c2)cc(OC)c1OC. The number of methoxy groups -OCH3 is 3. The van der Waals surface area contributed by atoms with Gasteiger partial charge in [0.1, 0.15) is 12.1 Å². The van der Waals surface area contributed by atoms with Crippen LogP contribution in [0.15, 0.2) is 48.9 Å². The van der Waals surface area contributed by atoms with E-state index in [0.29, 0.717) is 29.0 Å². The number of imidazole rings is 1. The monoisotopic (exact) mass is 557 g/mol. The van der Waals surface area contributed by atoms with Crippen LogP contribution in [0.1, 0.15) is 24.8 Å². The Balaban J connectivity index is 1.37. The normalized spacial score (nSPS) is 17.0. The third-order valence-corrected chi connectivity index (χ3v) is 7.74. The van der Waals surface area contributed by atoms with E-state index < -0.39 is 0 Å². The third kappa shape index (κ3) is 5.25. The first-order chi connectivity index (χ1) is 20.1. The van der Waals surface area contributed by atoms with Gasteiger partial charge in [-0.2, -0.15) is 4.98 Å². The van der Waals surface area contributed by atoms with E-state index in [-0.39, 0.29) is 12.6 Å². The van der Waals surface area contributed by atoms with Gasteiger partial charge in [0.05, 0.1) is 51.4 Å². The Bertz CT molecular complexity index is 1560. The van der Waals surface area contributed by atoms with Crippen molar-refractivity contribution in [2.75, 3.05) is 57.8 Å².